The fourth-order valence-electron chi connectivity index (χ4n) is 1.45. The molecule has 5 nitrogen and oxygen atoms in total. The van der Waals surface area contributed by atoms with E-state index in [9.17, 15) is 14.3 Å². The van der Waals surface area contributed by atoms with Crippen molar-refractivity contribution in [3.8, 4) is 11.5 Å². The summed E-state index contributed by atoms with van der Waals surface area (Å²) in [6.07, 6.45) is -0.507. The molecule has 0 heterocycles. The van der Waals surface area contributed by atoms with E-state index in [1.54, 1.807) is 0 Å². The molecule has 1 aromatic carbocycles. The second kappa shape index (κ2) is 5.20. The normalized spacial score (nSPS) is 12.2. The lowest BCUT2D eigenvalue weighted by Gasteiger charge is -2.16. The van der Waals surface area contributed by atoms with E-state index >= 15 is 0 Å². The third-order valence-electron chi connectivity index (χ3n) is 2.16. The standard InChI is InChI=1S/C10H11ClFNO4/c1-17-10-6(14)2-4(11)9(12)8(10)5(13)3-7(15)16/h2,5,14H,3,13H2,1H3,(H,15,16). The molecule has 7 heteroatoms. The Labute approximate surface area is 102 Å². The second-order valence-corrected chi connectivity index (χ2v) is 3.75. The van der Waals surface area contributed by atoms with Gasteiger partial charge >= 0.3 is 5.97 Å². The highest BCUT2D eigenvalue weighted by molar-refractivity contribution is 6.31. The maximum Gasteiger partial charge on any atom is 0.305 e. The van der Waals surface area contributed by atoms with E-state index in [1.165, 1.54) is 7.11 Å². The number of aliphatic carboxylic acids is 1. The zero-order valence-electron chi connectivity index (χ0n) is 8.91. The van der Waals surface area contributed by atoms with Gasteiger partial charge in [-0.3, -0.25) is 4.79 Å². The summed E-state index contributed by atoms with van der Waals surface area (Å²) in [5.74, 6) is -2.69. The van der Waals surface area contributed by atoms with Gasteiger partial charge in [0.25, 0.3) is 0 Å². The molecule has 1 unspecified atom stereocenters. The van der Waals surface area contributed by atoms with E-state index in [0.29, 0.717) is 0 Å². The molecule has 0 fully saturated rings. The number of hydrogen-bond acceptors (Lipinski definition) is 4. The van der Waals surface area contributed by atoms with E-state index in [1.807, 2.05) is 0 Å². The Balaban J connectivity index is 3.33. The van der Waals surface area contributed by atoms with Gasteiger partial charge in [0.1, 0.15) is 0 Å². The second-order valence-electron chi connectivity index (χ2n) is 3.34. The molecular formula is C10H11ClFNO4. The maximum absolute atomic E-state index is 13.7. The van der Waals surface area contributed by atoms with Crippen LogP contribution in [0.25, 0.3) is 0 Å². The number of phenolic OH excluding ortho intramolecular Hbond substituents is 1. The number of carboxylic acid groups (broad SMARTS) is 1. The number of phenols is 1. The number of benzene rings is 1. The molecule has 0 radical (unpaired) electrons. The van der Waals surface area contributed by atoms with Crippen molar-refractivity contribution in [3.63, 3.8) is 0 Å². The number of hydrogen-bond donors (Lipinski definition) is 3. The molecule has 0 amide bonds. The van der Waals surface area contributed by atoms with Gasteiger partial charge in [0, 0.05) is 12.1 Å². The minimum atomic E-state index is -1.20. The molecule has 1 rings (SSSR count). The highest BCUT2D eigenvalue weighted by Crippen LogP contribution is 2.39. The molecule has 94 valence electrons. The van der Waals surface area contributed by atoms with Gasteiger partial charge in [0.15, 0.2) is 17.3 Å². The predicted octanol–water partition coefficient (Wildman–Crippen LogP) is 1.67. The van der Waals surface area contributed by atoms with E-state index in [4.69, 9.17) is 27.2 Å². The average molecular weight is 264 g/mol. The summed E-state index contributed by atoms with van der Waals surface area (Å²) in [5.41, 5.74) is 5.29. The third kappa shape index (κ3) is 2.78. The number of nitrogens with two attached hydrogens (primary N) is 1. The van der Waals surface area contributed by atoms with Crippen molar-refractivity contribution in [3.05, 3.63) is 22.5 Å². The van der Waals surface area contributed by atoms with Crippen LogP contribution >= 0.6 is 11.6 Å². The highest BCUT2D eigenvalue weighted by Gasteiger charge is 2.24. The zero-order valence-corrected chi connectivity index (χ0v) is 9.66. The Morgan fingerprint density at radius 2 is 2.29 bits per heavy atom. The minimum Gasteiger partial charge on any atom is -0.504 e. The van der Waals surface area contributed by atoms with Crippen LogP contribution in [0.1, 0.15) is 18.0 Å². The van der Waals surface area contributed by atoms with Crippen LogP contribution in [0.2, 0.25) is 5.02 Å². The lowest BCUT2D eigenvalue weighted by Crippen LogP contribution is -2.17. The molecule has 0 spiro atoms. The molecule has 4 N–H and O–H groups in total. The summed E-state index contributed by atoms with van der Waals surface area (Å²) in [6, 6.07) is -0.195. The van der Waals surface area contributed by atoms with Gasteiger partial charge < -0.3 is 20.7 Å². The van der Waals surface area contributed by atoms with Gasteiger partial charge in [0.05, 0.1) is 24.1 Å². The van der Waals surface area contributed by atoms with Crippen LogP contribution in [-0.2, 0) is 4.79 Å². The van der Waals surface area contributed by atoms with E-state index in [2.05, 4.69) is 0 Å². The summed E-state index contributed by atoms with van der Waals surface area (Å²) in [5, 5.41) is 17.8. The molecule has 0 aromatic heterocycles. The van der Waals surface area contributed by atoms with Gasteiger partial charge in [-0.15, -0.1) is 0 Å². The Kier molecular flexibility index (Phi) is 4.14. The topological polar surface area (TPSA) is 92.8 Å². The van der Waals surface area contributed by atoms with Gasteiger partial charge in [-0.25, -0.2) is 4.39 Å². The molecule has 1 atom stereocenters. The quantitative estimate of drug-likeness (QED) is 0.768. The van der Waals surface area contributed by atoms with Crippen LogP contribution in [0.5, 0.6) is 11.5 Å². The summed E-state index contributed by atoms with van der Waals surface area (Å²) < 4.78 is 18.5. The van der Waals surface area contributed by atoms with Crippen molar-refractivity contribution in [2.45, 2.75) is 12.5 Å². The predicted molar refractivity (Wildman–Crippen MR) is 58.8 cm³/mol. The van der Waals surface area contributed by atoms with Gasteiger partial charge in [-0.05, 0) is 0 Å². The number of rotatable bonds is 4. The van der Waals surface area contributed by atoms with E-state index in [0.717, 1.165) is 6.07 Å². The summed E-state index contributed by atoms with van der Waals surface area (Å²) in [4.78, 5) is 10.5. The summed E-state index contributed by atoms with van der Waals surface area (Å²) >= 11 is 5.54. The average Bonchev–Trinajstić information content (AvgIpc) is 2.21. The van der Waals surface area contributed by atoms with Gasteiger partial charge in [-0.1, -0.05) is 11.6 Å². The molecule has 0 aliphatic carbocycles. The first-order valence-electron chi connectivity index (χ1n) is 4.60. The molecule has 0 aliphatic heterocycles. The Morgan fingerprint density at radius 1 is 1.71 bits per heavy atom. The number of aromatic hydroxyl groups is 1. The lowest BCUT2D eigenvalue weighted by atomic mass is 10.0. The van der Waals surface area contributed by atoms with Crippen LogP contribution in [-0.4, -0.2) is 23.3 Å². The zero-order chi connectivity index (χ0) is 13.2. The number of ether oxygens (including phenoxy) is 1. The summed E-state index contributed by atoms with van der Waals surface area (Å²) in [6.45, 7) is 0. The van der Waals surface area contributed by atoms with Crippen molar-refractivity contribution >= 4 is 17.6 Å². The number of carbonyl (C=O) groups is 1. The molecule has 0 bridgehead atoms. The smallest absolute Gasteiger partial charge is 0.305 e. The van der Waals surface area contributed by atoms with Crippen LogP contribution < -0.4 is 10.5 Å². The van der Waals surface area contributed by atoms with E-state index < -0.39 is 30.0 Å². The van der Waals surface area contributed by atoms with Gasteiger partial charge in [0.2, 0.25) is 0 Å². The van der Waals surface area contributed by atoms with Crippen LogP contribution in [0.4, 0.5) is 4.39 Å². The Morgan fingerprint density at radius 3 is 2.76 bits per heavy atom. The number of halogens is 2. The van der Waals surface area contributed by atoms with Crippen LogP contribution in [0, 0.1) is 5.82 Å². The minimum absolute atomic E-state index is 0.208. The molecular weight excluding hydrogens is 253 g/mol. The van der Waals surface area contributed by atoms with Crippen molar-refractivity contribution in [1.29, 1.82) is 0 Å². The monoisotopic (exact) mass is 263 g/mol. The van der Waals surface area contributed by atoms with Crippen molar-refractivity contribution in [1.82, 2.24) is 0 Å². The molecule has 0 saturated carbocycles. The number of methoxy groups -OCH3 is 1. The fraction of sp³-hybridized carbons (Fsp3) is 0.300. The molecule has 0 aliphatic rings. The first-order chi connectivity index (χ1) is 7.88. The lowest BCUT2D eigenvalue weighted by molar-refractivity contribution is -0.137. The first-order valence-corrected chi connectivity index (χ1v) is 4.98. The largest absolute Gasteiger partial charge is 0.504 e. The highest BCUT2D eigenvalue weighted by atomic mass is 35.5. The Hall–Kier alpha value is -1.53. The third-order valence-corrected chi connectivity index (χ3v) is 2.43. The van der Waals surface area contributed by atoms with Crippen LogP contribution in [0.3, 0.4) is 0 Å². The summed E-state index contributed by atoms with van der Waals surface area (Å²) in [7, 11) is 1.21. The molecule has 0 saturated heterocycles. The fourth-order valence-corrected chi connectivity index (χ4v) is 1.66. The van der Waals surface area contributed by atoms with Crippen molar-refractivity contribution in [2.75, 3.05) is 7.11 Å². The SMILES string of the molecule is COc1c(O)cc(Cl)c(F)c1C(N)CC(=O)O. The maximum atomic E-state index is 13.7. The molecule has 17 heavy (non-hydrogen) atoms. The van der Waals surface area contributed by atoms with Crippen molar-refractivity contribution < 1.29 is 24.1 Å². The number of carboxylic acids is 1. The van der Waals surface area contributed by atoms with Crippen LogP contribution in [0.15, 0.2) is 6.07 Å². The van der Waals surface area contributed by atoms with Gasteiger partial charge in [-0.2, -0.15) is 0 Å². The Bertz CT molecular complexity index is 452. The van der Waals surface area contributed by atoms with Crippen molar-refractivity contribution in [2.24, 2.45) is 5.73 Å². The van der Waals surface area contributed by atoms with E-state index in [-0.39, 0.29) is 16.3 Å². The first kappa shape index (κ1) is 13.5. The molecule has 1 aromatic rings.